The summed E-state index contributed by atoms with van der Waals surface area (Å²) in [4.78, 5) is 24.7. The first-order chi connectivity index (χ1) is 8.83. The Hall–Kier alpha value is -0.860. The molecule has 0 aromatic rings. The number of likely N-dealkylation sites (tertiary alicyclic amines) is 1. The molecule has 1 heterocycles. The molecule has 18 heavy (non-hydrogen) atoms. The van der Waals surface area contributed by atoms with Gasteiger partial charge in [-0.1, -0.05) is 12.8 Å². The lowest BCUT2D eigenvalue weighted by Gasteiger charge is -2.44. The van der Waals surface area contributed by atoms with Crippen molar-refractivity contribution in [2.75, 3.05) is 6.54 Å². The van der Waals surface area contributed by atoms with Crippen molar-refractivity contribution in [3.63, 3.8) is 0 Å². The summed E-state index contributed by atoms with van der Waals surface area (Å²) in [5, 5.41) is 0. The molecule has 0 N–H and O–H groups in total. The van der Waals surface area contributed by atoms with Crippen molar-refractivity contribution in [3.8, 4) is 0 Å². The Morgan fingerprint density at radius 2 is 1.89 bits per heavy atom. The highest BCUT2D eigenvalue weighted by Gasteiger charge is 2.35. The molecule has 2 aliphatic rings. The van der Waals surface area contributed by atoms with Crippen LogP contribution in [0.4, 0.5) is 0 Å². The summed E-state index contributed by atoms with van der Waals surface area (Å²) < 4.78 is 0. The van der Waals surface area contributed by atoms with Gasteiger partial charge in [-0.05, 0) is 44.4 Å². The smallest absolute Gasteiger partial charge is 0.222 e. The van der Waals surface area contributed by atoms with Gasteiger partial charge in [-0.25, -0.2) is 0 Å². The van der Waals surface area contributed by atoms with Crippen molar-refractivity contribution >= 4 is 12.2 Å². The maximum atomic E-state index is 12.3. The minimum atomic E-state index is 0.331. The average molecular weight is 251 g/mol. The van der Waals surface area contributed by atoms with E-state index in [-0.39, 0.29) is 0 Å². The van der Waals surface area contributed by atoms with E-state index in [1.807, 2.05) is 0 Å². The SMILES string of the molecule is O=CCCCCC(=O)N1CCCC2CCCCC21. The molecule has 0 bridgehead atoms. The van der Waals surface area contributed by atoms with Crippen LogP contribution in [0.5, 0.6) is 0 Å². The third-order valence-corrected chi connectivity index (χ3v) is 4.53. The number of hydrogen-bond donors (Lipinski definition) is 0. The van der Waals surface area contributed by atoms with Gasteiger partial charge in [0.15, 0.2) is 0 Å². The highest BCUT2D eigenvalue weighted by molar-refractivity contribution is 5.76. The van der Waals surface area contributed by atoms with Crippen LogP contribution in [0.15, 0.2) is 0 Å². The van der Waals surface area contributed by atoms with Gasteiger partial charge in [0.25, 0.3) is 0 Å². The molecule has 0 aromatic carbocycles. The highest BCUT2D eigenvalue weighted by Crippen LogP contribution is 2.35. The molecular formula is C15H25NO2. The van der Waals surface area contributed by atoms with E-state index in [4.69, 9.17) is 0 Å². The largest absolute Gasteiger partial charge is 0.339 e. The zero-order chi connectivity index (χ0) is 12.8. The summed E-state index contributed by atoms with van der Waals surface area (Å²) in [6.07, 6.45) is 11.6. The normalized spacial score (nSPS) is 27.7. The van der Waals surface area contributed by atoms with Gasteiger partial charge in [0.05, 0.1) is 0 Å². The predicted molar refractivity (Wildman–Crippen MR) is 71.2 cm³/mol. The number of nitrogens with zero attached hydrogens (tertiary/aromatic N) is 1. The highest BCUT2D eigenvalue weighted by atomic mass is 16.2. The Bertz CT molecular complexity index is 288. The molecule has 2 rings (SSSR count). The lowest BCUT2D eigenvalue weighted by Crippen LogP contribution is -2.49. The maximum absolute atomic E-state index is 12.3. The summed E-state index contributed by atoms with van der Waals surface area (Å²) >= 11 is 0. The summed E-state index contributed by atoms with van der Waals surface area (Å²) in [5.41, 5.74) is 0. The second kappa shape index (κ2) is 6.91. The molecule has 0 radical (unpaired) electrons. The minimum absolute atomic E-state index is 0.331. The Morgan fingerprint density at radius 3 is 2.72 bits per heavy atom. The number of carbonyl (C=O) groups is 2. The summed E-state index contributed by atoms with van der Waals surface area (Å²) in [7, 11) is 0. The molecule has 1 saturated heterocycles. The number of amides is 1. The molecular weight excluding hydrogens is 226 g/mol. The van der Waals surface area contributed by atoms with E-state index in [0.29, 0.717) is 24.8 Å². The third kappa shape index (κ3) is 3.33. The van der Waals surface area contributed by atoms with Crippen LogP contribution in [-0.2, 0) is 9.59 Å². The Balaban J connectivity index is 1.82. The topological polar surface area (TPSA) is 37.4 Å². The van der Waals surface area contributed by atoms with Gasteiger partial charge in [0.2, 0.25) is 5.91 Å². The number of fused-ring (bicyclic) bond motifs is 1. The van der Waals surface area contributed by atoms with E-state index >= 15 is 0 Å². The molecule has 102 valence electrons. The van der Waals surface area contributed by atoms with Crippen molar-refractivity contribution in [1.82, 2.24) is 4.90 Å². The molecule has 2 atom stereocenters. The number of hydrogen-bond acceptors (Lipinski definition) is 2. The molecule has 0 aromatic heterocycles. The fraction of sp³-hybridized carbons (Fsp3) is 0.867. The van der Waals surface area contributed by atoms with Gasteiger partial charge in [-0.2, -0.15) is 0 Å². The average Bonchev–Trinajstić information content (AvgIpc) is 2.43. The second-order valence-electron chi connectivity index (χ2n) is 5.75. The monoisotopic (exact) mass is 251 g/mol. The van der Waals surface area contributed by atoms with E-state index in [9.17, 15) is 9.59 Å². The quantitative estimate of drug-likeness (QED) is 0.556. The molecule has 3 nitrogen and oxygen atoms in total. The van der Waals surface area contributed by atoms with E-state index in [2.05, 4.69) is 4.90 Å². The molecule has 1 saturated carbocycles. The van der Waals surface area contributed by atoms with Gasteiger partial charge in [-0.15, -0.1) is 0 Å². The first-order valence-corrected chi connectivity index (χ1v) is 7.56. The molecule has 0 spiro atoms. The van der Waals surface area contributed by atoms with E-state index < -0.39 is 0 Å². The molecule has 3 heteroatoms. The van der Waals surface area contributed by atoms with Crippen LogP contribution in [0, 0.1) is 5.92 Å². The van der Waals surface area contributed by atoms with Crippen molar-refractivity contribution in [2.45, 2.75) is 70.3 Å². The van der Waals surface area contributed by atoms with E-state index in [0.717, 1.165) is 31.6 Å². The molecule has 1 aliphatic carbocycles. The van der Waals surface area contributed by atoms with Crippen LogP contribution in [0.2, 0.25) is 0 Å². The number of rotatable bonds is 5. The van der Waals surface area contributed by atoms with Crippen LogP contribution in [0.3, 0.4) is 0 Å². The Kier molecular flexibility index (Phi) is 5.21. The zero-order valence-electron chi connectivity index (χ0n) is 11.3. The van der Waals surface area contributed by atoms with Gasteiger partial charge >= 0.3 is 0 Å². The van der Waals surface area contributed by atoms with Crippen molar-refractivity contribution in [2.24, 2.45) is 5.92 Å². The Morgan fingerprint density at radius 1 is 1.11 bits per heavy atom. The van der Waals surface area contributed by atoms with Crippen molar-refractivity contribution < 1.29 is 9.59 Å². The standard InChI is InChI=1S/C15H25NO2/c17-12-5-1-2-10-15(18)16-11-6-8-13-7-3-4-9-14(13)16/h12-14H,1-11H2. The van der Waals surface area contributed by atoms with Crippen molar-refractivity contribution in [1.29, 1.82) is 0 Å². The number of carbonyl (C=O) groups excluding carboxylic acids is 2. The fourth-order valence-corrected chi connectivity index (χ4v) is 3.58. The van der Waals surface area contributed by atoms with Gasteiger partial charge in [-0.3, -0.25) is 4.79 Å². The summed E-state index contributed by atoms with van der Waals surface area (Å²) in [6, 6.07) is 0.533. The van der Waals surface area contributed by atoms with Crippen LogP contribution in [0.1, 0.15) is 64.2 Å². The van der Waals surface area contributed by atoms with E-state index in [1.54, 1.807) is 0 Å². The van der Waals surface area contributed by atoms with E-state index in [1.165, 1.54) is 38.5 Å². The van der Waals surface area contributed by atoms with Gasteiger partial charge < -0.3 is 9.69 Å². The van der Waals surface area contributed by atoms with Crippen molar-refractivity contribution in [3.05, 3.63) is 0 Å². The first kappa shape index (κ1) is 13.6. The van der Waals surface area contributed by atoms with Crippen LogP contribution in [0.25, 0.3) is 0 Å². The third-order valence-electron chi connectivity index (χ3n) is 4.53. The summed E-state index contributed by atoms with van der Waals surface area (Å²) in [6.45, 7) is 0.966. The Labute approximate surface area is 110 Å². The number of aldehydes is 1. The maximum Gasteiger partial charge on any atom is 0.222 e. The first-order valence-electron chi connectivity index (χ1n) is 7.56. The molecule has 2 fully saturated rings. The van der Waals surface area contributed by atoms with Gasteiger partial charge in [0, 0.05) is 25.4 Å². The molecule has 2 unspecified atom stereocenters. The molecule has 1 aliphatic heterocycles. The number of piperidine rings is 1. The predicted octanol–water partition coefficient (Wildman–Crippen LogP) is 2.93. The van der Waals surface area contributed by atoms with Gasteiger partial charge in [0.1, 0.15) is 6.29 Å². The second-order valence-corrected chi connectivity index (χ2v) is 5.75. The summed E-state index contributed by atoms with van der Waals surface area (Å²) in [5.74, 6) is 1.10. The lowest BCUT2D eigenvalue weighted by atomic mass is 9.78. The van der Waals surface area contributed by atoms with Crippen LogP contribution >= 0.6 is 0 Å². The van der Waals surface area contributed by atoms with Crippen LogP contribution in [-0.4, -0.2) is 29.7 Å². The lowest BCUT2D eigenvalue weighted by molar-refractivity contribution is -0.137. The zero-order valence-corrected chi connectivity index (χ0v) is 11.3. The van der Waals surface area contributed by atoms with Crippen LogP contribution < -0.4 is 0 Å². The molecule has 1 amide bonds. The fourth-order valence-electron chi connectivity index (χ4n) is 3.58. The minimum Gasteiger partial charge on any atom is -0.339 e. The number of unbranched alkanes of at least 4 members (excludes halogenated alkanes) is 2.